The number of carbonyl (C=O) groups excluding carboxylic acids is 2. The minimum atomic E-state index is -0.581. The molecule has 0 spiro atoms. The molecule has 0 radical (unpaired) electrons. The number of fused-ring (bicyclic) bond motifs is 1. The number of pyridine rings is 1. The molecular weight excluding hydrogens is 416 g/mol. The number of benzene rings is 2. The van der Waals surface area contributed by atoms with Crippen molar-refractivity contribution in [3.63, 3.8) is 0 Å². The van der Waals surface area contributed by atoms with Gasteiger partial charge in [0.25, 0.3) is 0 Å². The SMILES string of the molecule is Cc1cc2c(NCC(=O)OCC(=O)OCc3ccccc3)cccn2c1Cc1ccccc1. The third-order valence-corrected chi connectivity index (χ3v) is 5.36. The van der Waals surface area contributed by atoms with E-state index in [0.29, 0.717) is 0 Å². The van der Waals surface area contributed by atoms with Crippen molar-refractivity contribution >= 4 is 23.1 Å². The number of ether oxygens (including phenoxy) is 2. The maximum absolute atomic E-state index is 12.1. The Morgan fingerprint density at radius 3 is 2.27 bits per heavy atom. The molecule has 33 heavy (non-hydrogen) atoms. The number of rotatable bonds is 9. The van der Waals surface area contributed by atoms with Crippen LogP contribution >= 0.6 is 0 Å². The van der Waals surface area contributed by atoms with E-state index in [2.05, 4.69) is 34.8 Å². The summed E-state index contributed by atoms with van der Waals surface area (Å²) in [5.74, 6) is -1.11. The standard InChI is InChI=1S/C27H26N2O4/c1-20-15-25-23(13-8-14-29(25)24(20)16-21-9-4-2-5-10-21)28-17-26(30)33-19-27(31)32-18-22-11-6-3-7-12-22/h2-15,28H,16-19H2,1H3. The second-order valence-electron chi connectivity index (χ2n) is 7.77. The van der Waals surface area contributed by atoms with Crippen LogP contribution < -0.4 is 5.32 Å². The Hall–Kier alpha value is -4.06. The first-order chi connectivity index (χ1) is 16.1. The van der Waals surface area contributed by atoms with Gasteiger partial charge in [-0.2, -0.15) is 0 Å². The number of carbonyl (C=O) groups is 2. The molecule has 0 fully saturated rings. The summed E-state index contributed by atoms with van der Waals surface area (Å²) >= 11 is 0. The summed E-state index contributed by atoms with van der Waals surface area (Å²) in [7, 11) is 0. The van der Waals surface area contributed by atoms with Crippen LogP contribution in [0.5, 0.6) is 0 Å². The number of esters is 2. The summed E-state index contributed by atoms with van der Waals surface area (Å²) in [5.41, 5.74) is 6.29. The molecule has 0 aliphatic rings. The Morgan fingerprint density at radius 2 is 1.55 bits per heavy atom. The smallest absolute Gasteiger partial charge is 0.344 e. The molecule has 6 nitrogen and oxygen atoms in total. The first-order valence-corrected chi connectivity index (χ1v) is 10.8. The molecule has 4 aromatic rings. The molecule has 2 aromatic heterocycles. The minimum Gasteiger partial charge on any atom is -0.458 e. The predicted molar refractivity (Wildman–Crippen MR) is 127 cm³/mol. The van der Waals surface area contributed by atoms with E-state index >= 15 is 0 Å². The molecule has 4 rings (SSSR count). The van der Waals surface area contributed by atoms with Gasteiger partial charge in [-0.05, 0) is 41.8 Å². The molecule has 0 aliphatic carbocycles. The summed E-state index contributed by atoms with van der Waals surface area (Å²) in [6.07, 6.45) is 2.84. The fourth-order valence-electron chi connectivity index (χ4n) is 3.68. The number of anilines is 1. The third kappa shape index (κ3) is 5.80. The van der Waals surface area contributed by atoms with Crippen molar-refractivity contribution in [1.29, 1.82) is 0 Å². The zero-order valence-electron chi connectivity index (χ0n) is 18.5. The zero-order valence-corrected chi connectivity index (χ0v) is 18.5. The first kappa shape index (κ1) is 22.1. The number of hydrogen-bond acceptors (Lipinski definition) is 5. The number of nitrogens with zero attached hydrogens (tertiary/aromatic N) is 1. The molecule has 0 saturated heterocycles. The highest BCUT2D eigenvalue weighted by molar-refractivity contribution is 5.82. The minimum absolute atomic E-state index is 0.0517. The molecule has 0 saturated carbocycles. The molecule has 0 amide bonds. The molecular formula is C27H26N2O4. The van der Waals surface area contributed by atoms with Crippen LogP contribution in [0.25, 0.3) is 5.52 Å². The molecule has 0 bridgehead atoms. The summed E-state index contributed by atoms with van der Waals surface area (Å²) in [5, 5.41) is 3.13. The normalized spacial score (nSPS) is 10.7. The topological polar surface area (TPSA) is 69.0 Å². The van der Waals surface area contributed by atoms with Crippen molar-refractivity contribution in [3.8, 4) is 0 Å². The summed E-state index contributed by atoms with van der Waals surface area (Å²) < 4.78 is 12.3. The molecule has 1 N–H and O–H groups in total. The van der Waals surface area contributed by atoms with Crippen LogP contribution in [0.3, 0.4) is 0 Å². The van der Waals surface area contributed by atoms with Gasteiger partial charge in [-0.15, -0.1) is 0 Å². The maximum Gasteiger partial charge on any atom is 0.344 e. The molecule has 2 heterocycles. The van der Waals surface area contributed by atoms with Crippen LogP contribution in [-0.4, -0.2) is 29.5 Å². The molecule has 0 atom stereocenters. The van der Waals surface area contributed by atoms with E-state index in [4.69, 9.17) is 9.47 Å². The zero-order chi connectivity index (χ0) is 23.0. The van der Waals surface area contributed by atoms with Crippen molar-refractivity contribution < 1.29 is 19.1 Å². The van der Waals surface area contributed by atoms with Gasteiger partial charge in [-0.25, -0.2) is 4.79 Å². The lowest BCUT2D eigenvalue weighted by Crippen LogP contribution is -2.22. The monoisotopic (exact) mass is 442 g/mol. The van der Waals surface area contributed by atoms with Crippen molar-refractivity contribution in [1.82, 2.24) is 4.40 Å². The summed E-state index contributed by atoms with van der Waals surface area (Å²) in [4.78, 5) is 24.0. The van der Waals surface area contributed by atoms with Gasteiger partial charge in [-0.1, -0.05) is 60.7 Å². The number of hydrogen-bond donors (Lipinski definition) is 1. The highest BCUT2D eigenvalue weighted by Crippen LogP contribution is 2.25. The highest BCUT2D eigenvalue weighted by Gasteiger charge is 2.13. The highest BCUT2D eigenvalue weighted by atomic mass is 16.6. The molecule has 0 unspecified atom stereocenters. The fraction of sp³-hybridized carbons (Fsp3) is 0.185. The Morgan fingerprint density at radius 1 is 0.848 bits per heavy atom. The lowest BCUT2D eigenvalue weighted by Gasteiger charge is -2.10. The quantitative estimate of drug-likeness (QED) is 0.386. The Balaban J connectivity index is 1.32. The number of aryl methyl sites for hydroxylation is 1. The van der Waals surface area contributed by atoms with Crippen LogP contribution in [0.4, 0.5) is 5.69 Å². The summed E-state index contributed by atoms with van der Waals surface area (Å²) in [6, 6.07) is 25.6. The van der Waals surface area contributed by atoms with Gasteiger partial charge in [-0.3, -0.25) is 4.79 Å². The van der Waals surface area contributed by atoms with Gasteiger partial charge in [0.2, 0.25) is 0 Å². The van der Waals surface area contributed by atoms with Crippen LogP contribution in [0.15, 0.2) is 85.1 Å². The van der Waals surface area contributed by atoms with Crippen molar-refractivity contribution in [2.45, 2.75) is 20.0 Å². The number of nitrogens with one attached hydrogen (secondary N) is 1. The van der Waals surface area contributed by atoms with Gasteiger partial charge >= 0.3 is 11.9 Å². The van der Waals surface area contributed by atoms with E-state index < -0.39 is 18.5 Å². The van der Waals surface area contributed by atoms with E-state index in [9.17, 15) is 9.59 Å². The van der Waals surface area contributed by atoms with Crippen molar-refractivity contribution in [2.24, 2.45) is 0 Å². The van der Waals surface area contributed by atoms with Gasteiger partial charge in [0, 0.05) is 18.3 Å². The lowest BCUT2D eigenvalue weighted by atomic mass is 10.1. The molecule has 0 aliphatic heterocycles. The maximum atomic E-state index is 12.1. The molecule has 2 aromatic carbocycles. The number of aromatic nitrogens is 1. The van der Waals surface area contributed by atoms with Crippen LogP contribution in [0.1, 0.15) is 22.4 Å². The van der Waals surface area contributed by atoms with Gasteiger partial charge in [0.15, 0.2) is 6.61 Å². The van der Waals surface area contributed by atoms with Gasteiger partial charge < -0.3 is 19.2 Å². The third-order valence-electron chi connectivity index (χ3n) is 5.36. The molecule has 168 valence electrons. The van der Waals surface area contributed by atoms with Gasteiger partial charge in [0.1, 0.15) is 13.2 Å². The Labute approximate surface area is 192 Å². The van der Waals surface area contributed by atoms with Crippen molar-refractivity contribution in [3.05, 3.63) is 107 Å². The average molecular weight is 443 g/mol. The van der Waals surface area contributed by atoms with Crippen molar-refractivity contribution in [2.75, 3.05) is 18.5 Å². The second kappa shape index (κ2) is 10.5. The Kier molecular flexibility index (Phi) is 7.05. The van der Waals surface area contributed by atoms with Crippen LogP contribution in [0, 0.1) is 6.92 Å². The van der Waals surface area contributed by atoms with E-state index in [-0.39, 0.29) is 13.2 Å². The Bertz CT molecular complexity index is 1230. The average Bonchev–Trinajstić information content (AvgIpc) is 3.17. The first-order valence-electron chi connectivity index (χ1n) is 10.8. The molecule has 6 heteroatoms. The predicted octanol–water partition coefficient (Wildman–Crippen LogP) is 4.54. The van der Waals surface area contributed by atoms with E-state index in [1.807, 2.05) is 66.9 Å². The van der Waals surface area contributed by atoms with E-state index in [1.54, 1.807) is 0 Å². The van der Waals surface area contributed by atoms with Crippen LogP contribution in [-0.2, 0) is 32.1 Å². The van der Waals surface area contributed by atoms with E-state index in [1.165, 1.54) is 16.8 Å². The summed E-state index contributed by atoms with van der Waals surface area (Å²) in [6.45, 7) is 1.77. The lowest BCUT2D eigenvalue weighted by molar-refractivity contribution is -0.158. The fourth-order valence-corrected chi connectivity index (χ4v) is 3.68. The van der Waals surface area contributed by atoms with E-state index in [0.717, 1.165) is 23.2 Å². The van der Waals surface area contributed by atoms with Crippen LogP contribution in [0.2, 0.25) is 0 Å². The largest absolute Gasteiger partial charge is 0.458 e. The second-order valence-corrected chi connectivity index (χ2v) is 7.77. The van der Waals surface area contributed by atoms with Gasteiger partial charge in [0.05, 0.1) is 11.2 Å².